The van der Waals surface area contributed by atoms with E-state index in [9.17, 15) is 8.42 Å². The molecule has 2 aliphatic rings. The summed E-state index contributed by atoms with van der Waals surface area (Å²) in [5.74, 6) is 0.816. The highest BCUT2D eigenvalue weighted by Gasteiger charge is 2.32. The number of aryl methyl sites for hydroxylation is 1. The molecule has 0 atom stereocenters. The highest BCUT2D eigenvalue weighted by Crippen LogP contribution is 2.30. The van der Waals surface area contributed by atoms with Gasteiger partial charge in [-0.05, 0) is 68.8 Å². The van der Waals surface area contributed by atoms with Crippen LogP contribution < -0.4 is 5.32 Å². The molecule has 2 fully saturated rings. The standard InChI is InChI=1S/C21H34N2O2S/c1-2-18-9-5-11-21(17-18)26(24,25)23(20-12-14-22-15-13-20)16-6-10-19-7-3-4-8-19/h5,9,11,17,19-20,22H,2-4,6-8,10,12-16H2,1H3. The number of hydrogen-bond donors (Lipinski definition) is 1. The zero-order valence-corrected chi connectivity index (χ0v) is 16.9. The lowest BCUT2D eigenvalue weighted by Gasteiger charge is -2.34. The molecule has 0 radical (unpaired) electrons. The largest absolute Gasteiger partial charge is 0.317 e. The molecule has 1 aliphatic carbocycles. The Hall–Kier alpha value is -0.910. The van der Waals surface area contributed by atoms with Crippen molar-refractivity contribution in [2.75, 3.05) is 19.6 Å². The number of nitrogens with zero attached hydrogens (tertiary/aromatic N) is 1. The van der Waals surface area contributed by atoms with Crippen LogP contribution in [0.5, 0.6) is 0 Å². The second kappa shape index (κ2) is 9.34. The lowest BCUT2D eigenvalue weighted by molar-refractivity contribution is 0.254. The van der Waals surface area contributed by atoms with Crippen molar-refractivity contribution in [2.45, 2.75) is 75.6 Å². The highest BCUT2D eigenvalue weighted by atomic mass is 32.2. The molecule has 0 unspecified atom stereocenters. The molecular weight excluding hydrogens is 344 g/mol. The van der Waals surface area contributed by atoms with Gasteiger partial charge in [-0.25, -0.2) is 8.42 Å². The zero-order chi connectivity index (χ0) is 18.4. The molecule has 1 saturated carbocycles. The highest BCUT2D eigenvalue weighted by molar-refractivity contribution is 7.89. The molecule has 0 bridgehead atoms. The topological polar surface area (TPSA) is 49.4 Å². The number of sulfonamides is 1. The van der Waals surface area contributed by atoms with Crippen LogP contribution in [0.15, 0.2) is 29.2 Å². The number of rotatable bonds is 8. The van der Waals surface area contributed by atoms with Crippen molar-refractivity contribution in [3.05, 3.63) is 29.8 Å². The summed E-state index contributed by atoms with van der Waals surface area (Å²) in [6, 6.07) is 7.65. The maximum absolute atomic E-state index is 13.4. The van der Waals surface area contributed by atoms with Crippen LogP contribution in [0.3, 0.4) is 0 Å². The predicted octanol–water partition coefficient (Wildman–Crippen LogP) is 3.96. The fraction of sp³-hybridized carbons (Fsp3) is 0.714. The second-order valence-electron chi connectivity index (χ2n) is 7.89. The molecule has 3 rings (SSSR count). The SMILES string of the molecule is CCc1cccc(S(=O)(=O)N(CCCC2CCCC2)C2CCNCC2)c1. The quantitative estimate of drug-likeness (QED) is 0.745. The molecule has 26 heavy (non-hydrogen) atoms. The minimum atomic E-state index is -3.42. The van der Waals surface area contributed by atoms with Crippen molar-refractivity contribution < 1.29 is 8.42 Å². The Morgan fingerprint density at radius 3 is 2.54 bits per heavy atom. The molecule has 1 aliphatic heterocycles. The molecular formula is C21H34N2O2S. The van der Waals surface area contributed by atoms with Crippen molar-refractivity contribution >= 4 is 10.0 Å². The van der Waals surface area contributed by atoms with Gasteiger partial charge in [-0.15, -0.1) is 0 Å². The second-order valence-corrected chi connectivity index (χ2v) is 9.78. The number of piperidine rings is 1. The Kier molecular flexibility index (Phi) is 7.12. The van der Waals surface area contributed by atoms with E-state index >= 15 is 0 Å². The summed E-state index contributed by atoms with van der Waals surface area (Å²) in [7, 11) is -3.42. The average Bonchev–Trinajstić information content (AvgIpc) is 3.19. The van der Waals surface area contributed by atoms with Crippen LogP contribution in [-0.2, 0) is 16.4 Å². The normalized spacial score (nSPS) is 20.1. The van der Waals surface area contributed by atoms with Gasteiger partial charge in [-0.1, -0.05) is 44.7 Å². The van der Waals surface area contributed by atoms with Gasteiger partial charge in [0.15, 0.2) is 0 Å². The number of nitrogens with one attached hydrogen (secondary N) is 1. The van der Waals surface area contributed by atoms with Gasteiger partial charge in [0.05, 0.1) is 4.90 Å². The van der Waals surface area contributed by atoms with E-state index in [4.69, 9.17) is 0 Å². The van der Waals surface area contributed by atoms with Crippen LogP contribution in [0.4, 0.5) is 0 Å². The first-order valence-electron chi connectivity index (χ1n) is 10.4. The molecule has 4 nitrogen and oxygen atoms in total. The molecule has 1 N–H and O–H groups in total. The molecule has 1 saturated heterocycles. The van der Waals surface area contributed by atoms with Crippen LogP contribution in [0.2, 0.25) is 0 Å². The molecule has 146 valence electrons. The Labute approximate surface area is 159 Å². The maximum atomic E-state index is 13.4. The van der Waals surface area contributed by atoms with Gasteiger partial charge >= 0.3 is 0 Å². The van der Waals surface area contributed by atoms with Gasteiger partial charge < -0.3 is 5.32 Å². The summed E-state index contributed by atoms with van der Waals surface area (Å²) in [5, 5.41) is 3.36. The summed E-state index contributed by atoms with van der Waals surface area (Å²) < 4.78 is 28.7. The average molecular weight is 379 g/mol. The van der Waals surface area contributed by atoms with E-state index in [0.29, 0.717) is 11.4 Å². The smallest absolute Gasteiger partial charge is 0.243 e. The molecule has 0 spiro atoms. The van der Waals surface area contributed by atoms with E-state index in [1.54, 1.807) is 6.07 Å². The van der Waals surface area contributed by atoms with Crippen LogP contribution in [-0.4, -0.2) is 38.4 Å². The van der Waals surface area contributed by atoms with Crippen LogP contribution >= 0.6 is 0 Å². The summed E-state index contributed by atoms with van der Waals surface area (Å²) in [5.41, 5.74) is 1.09. The van der Waals surface area contributed by atoms with E-state index in [2.05, 4.69) is 12.2 Å². The molecule has 1 aromatic carbocycles. The minimum absolute atomic E-state index is 0.134. The summed E-state index contributed by atoms with van der Waals surface area (Å²) in [6.07, 6.45) is 10.2. The van der Waals surface area contributed by atoms with Crippen molar-refractivity contribution in [3.63, 3.8) is 0 Å². The third-order valence-corrected chi connectivity index (χ3v) is 8.04. The summed E-state index contributed by atoms with van der Waals surface area (Å²) in [4.78, 5) is 0.469. The van der Waals surface area contributed by atoms with Crippen LogP contribution in [0, 0.1) is 5.92 Å². The van der Waals surface area contributed by atoms with Gasteiger partial charge in [0.25, 0.3) is 0 Å². The van der Waals surface area contributed by atoms with Crippen molar-refractivity contribution in [2.24, 2.45) is 5.92 Å². The Morgan fingerprint density at radius 1 is 1.12 bits per heavy atom. The van der Waals surface area contributed by atoms with E-state index in [1.807, 2.05) is 22.5 Å². The molecule has 0 aromatic heterocycles. The first-order valence-corrected chi connectivity index (χ1v) is 11.9. The summed E-state index contributed by atoms with van der Waals surface area (Å²) in [6.45, 7) is 4.56. The number of benzene rings is 1. The third-order valence-electron chi connectivity index (χ3n) is 6.09. The molecule has 0 amide bonds. The van der Waals surface area contributed by atoms with Crippen LogP contribution in [0.25, 0.3) is 0 Å². The Bertz CT molecular complexity index is 662. The Morgan fingerprint density at radius 2 is 1.85 bits per heavy atom. The number of hydrogen-bond acceptors (Lipinski definition) is 3. The van der Waals surface area contributed by atoms with Gasteiger partial charge in [0.2, 0.25) is 10.0 Å². The fourth-order valence-electron chi connectivity index (χ4n) is 4.49. The van der Waals surface area contributed by atoms with Gasteiger partial charge in [-0.2, -0.15) is 4.31 Å². The molecule has 5 heteroatoms. The monoisotopic (exact) mass is 378 g/mol. The van der Waals surface area contributed by atoms with E-state index in [0.717, 1.165) is 50.3 Å². The van der Waals surface area contributed by atoms with Gasteiger partial charge in [0, 0.05) is 12.6 Å². The molecule has 1 aromatic rings. The summed E-state index contributed by atoms with van der Waals surface area (Å²) >= 11 is 0. The lowest BCUT2D eigenvalue weighted by atomic mass is 10.0. The van der Waals surface area contributed by atoms with E-state index in [-0.39, 0.29) is 6.04 Å². The molecule has 1 heterocycles. The van der Waals surface area contributed by atoms with E-state index in [1.165, 1.54) is 32.1 Å². The minimum Gasteiger partial charge on any atom is -0.317 e. The third kappa shape index (κ3) is 4.87. The van der Waals surface area contributed by atoms with Gasteiger partial charge in [0.1, 0.15) is 0 Å². The predicted molar refractivity (Wildman–Crippen MR) is 107 cm³/mol. The Balaban J connectivity index is 1.75. The maximum Gasteiger partial charge on any atom is 0.243 e. The van der Waals surface area contributed by atoms with Crippen LogP contribution in [0.1, 0.15) is 63.9 Å². The lowest BCUT2D eigenvalue weighted by Crippen LogP contribution is -2.46. The van der Waals surface area contributed by atoms with Gasteiger partial charge in [-0.3, -0.25) is 0 Å². The fourth-order valence-corrected chi connectivity index (χ4v) is 6.28. The van der Waals surface area contributed by atoms with Crippen molar-refractivity contribution in [1.82, 2.24) is 9.62 Å². The zero-order valence-electron chi connectivity index (χ0n) is 16.1. The van der Waals surface area contributed by atoms with Crippen molar-refractivity contribution in [3.8, 4) is 0 Å². The first kappa shape index (κ1) is 19.8. The van der Waals surface area contributed by atoms with E-state index < -0.39 is 10.0 Å². The first-order chi connectivity index (χ1) is 12.6. The van der Waals surface area contributed by atoms with Crippen molar-refractivity contribution in [1.29, 1.82) is 0 Å².